The number of carbonyl (C=O) groups is 1. The fourth-order valence-corrected chi connectivity index (χ4v) is 0.129. The summed E-state index contributed by atoms with van der Waals surface area (Å²) in [5.41, 5.74) is 5.02. The number of aliphatic hydroxyl groups excluding tert-OH is 1. The van der Waals surface area contributed by atoms with Gasteiger partial charge in [0.25, 0.3) is 0 Å². The first-order valence-corrected chi connectivity index (χ1v) is 3.05. The van der Waals surface area contributed by atoms with Crippen molar-refractivity contribution in [3.05, 3.63) is 0 Å². The minimum atomic E-state index is -0.681. The molecule has 3 heteroatoms. The van der Waals surface area contributed by atoms with Gasteiger partial charge in [-0.15, -0.1) is 0 Å². The molecule has 0 saturated heterocycles. The summed E-state index contributed by atoms with van der Waals surface area (Å²) in [5, 5.41) is 8.16. The third kappa shape index (κ3) is 7.59. The van der Waals surface area contributed by atoms with Crippen LogP contribution >= 0.6 is 0 Å². The zero-order valence-corrected chi connectivity index (χ0v) is 6.22. The second-order valence-electron chi connectivity index (χ2n) is 1.40. The van der Waals surface area contributed by atoms with Gasteiger partial charge in [-0.2, -0.15) is 0 Å². The number of rotatable bonds is 2. The molecule has 0 bridgehead atoms. The summed E-state index contributed by atoms with van der Waals surface area (Å²) in [6.07, 6.45) is 0. The summed E-state index contributed by atoms with van der Waals surface area (Å²) in [6, 6.07) is -0.681. The molecule has 3 nitrogen and oxygen atoms in total. The van der Waals surface area contributed by atoms with Gasteiger partial charge < -0.3 is 10.8 Å². The first-order valence-electron chi connectivity index (χ1n) is 3.05. The van der Waals surface area contributed by atoms with Crippen molar-refractivity contribution >= 4 is 5.78 Å². The Hall–Kier alpha value is -0.410. The Bertz CT molecular complexity index is 73.5. The maximum atomic E-state index is 10.1. The van der Waals surface area contributed by atoms with E-state index in [1.165, 1.54) is 6.92 Å². The molecule has 0 spiro atoms. The van der Waals surface area contributed by atoms with E-state index in [9.17, 15) is 4.79 Å². The van der Waals surface area contributed by atoms with Gasteiger partial charge in [-0.25, -0.2) is 0 Å². The topological polar surface area (TPSA) is 63.3 Å². The molecule has 0 saturated carbocycles. The van der Waals surface area contributed by atoms with Crippen LogP contribution in [0.1, 0.15) is 20.8 Å². The fraction of sp³-hybridized carbons (Fsp3) is 0.833. The molecule has 0 aromatic heterocycles. The summed E-state index contributed by atoms with van der Waals surface area (Å²) in [5.74, 6) is -0.178. The fourth-order valence-electron chi connectivity index (χ4n) is 0.129. The Morgan fingerprint density at radius 1 is 1.67 bits per heavy atom. The Balaban J connectivity index is 0. The number of carbonyl (C=O) groups excluding carboxylic acids is 1. The summed E-state index contributed by atoms with van der Waals surface area (Å²) in [4.78, 5) is 10.1. The van der Waals surface area contributed by atoms with Crippen LogP contribution in [0.15, 0.2) is 0 Å². The molecular weight excluding hydrogens is 118 g/mol. The number of Topliss-reactive ketones (excluding diaryl/α,β-unsaturated/α-hetero) is 1. The Kier molecular flexibility index (Phi) is 9.61. The summed E-state index contributed by atoms with van der Waals surface area (Å²) in [6.45, 7) is 5.09. The lowest BCUT2D eigenvalue weighted by Crippen LogP contribution is -2.31. The van der Waals surface area contributed by atoms with Crippen molar-refractivity contribution in [3.8, 4) is 0 Å². The average molecular weight is 133 g/mol. The number of hydrogen-bond acceptors (Lipinski definition) is 3. The van der Waals surface area contributed by atoms with E-state index in [0.29, 0.717) is 0 Å². The lowest BCUT2D eigenvalue weighted by Gasteiger charge is -1.98. The van der Waals surface area contributed by atoms with Crippen molar-refractivity contribution in [2.75, 3.05) is 6.61 Å². The van der Waals surface area contributed by atoms with Crippen LogP contribution < -0.4 is 5.73 Å². The predicted molar refractivity (Wildman–Crippen MR) is 37.1 cm³/mol. The van der Waals surface area contributed by atoms with E-state index in [4.69, 9.17) is 10.8 Å². The Morgan fingerprint density at radius 3 is 2.00 bits per heavy atom. The highest BCUT2D eigenvalue weighted by atomic mass is 16.3. The molecule has 0 aliphatic carbocycles. The van der Waals surface area contributed by atoms with E-state index in [0.717, 1.165) is 0 Å². The monoisotopic (exact) mass is 133 g/mol. The van der Waals surface area contributed by atoms with Crippen LogP contribution in [-0.2, 0) is 4.79 Å². The highest BCUT2D eigenvalue weighted by Crippen LogP contribution is 1.74. The van der Waals surface area contributed by atoms with Crippen LogP contribution in [-0.4, -0.2) is 23.5 Å². The van der Waals surface area contributed by atoms with Gasteiger partial charge in [0.05, 0.1) is 12.6 Å². The number of nitrogens with two attached hydrogens (primary N) is 1. The second-order valence-corrected chi connectivity index (χ2v) is 1.40. The van der Waals surface area contributed by atoms with Gasteiger partial charge in [0, 0.05) is 0 Å². The molecule has 0 radical (unpaired) electrons. The molecular formula is C6H15NO2. The largest absolute Gasteiger partial charge is 0.394 e. The molecule has 0 aromatic rings. The van der Waals surface area contributed by atoms with Crippen LogP contribution in [0.4, 0.5) is 0 Å². The number of ketones is 1. The predicted octanol–water partition coefficient (Wildman–Crippen LogP) is -0.0788. The third-order valence-electron chi connectivity index (χ3n) is 0.719. The minimum Gasteiger partial charge on any atom is -0.394 e. The van der Waals surface area contributed by atoms with Crippen LogP contribution in [0.3, 0.4) is 0 Å². The molecule has 0 unspecified atom stereocenters. The molecule has 0 amide bonds. The molecule has 0 aromatic carbocycles. The maximum absolute atomic E-state index is 10.1. The Morgan fingerprint density at radius 2 is 2.00 bits per heavy atom. The quantitative estimate of drug-likeness (QED) is 0.554. The highest BCUT2D eigenvalue weighted by molar-refractivity contribution is 5.81. The minimum absolute atomic E-state index is 0.178. The molecule has 1 atom stereocenters. The molecule has 0 rings (SSSR count). The van der Waals surface area contributed by atoms with Crippen LogP contribution in [0.2, 0.25) is 0 Å². The van der Waals surface area contributed by atoms with Gasteiger partial charge in [-0.3, -0.25) is 4.79 Å². The summed E-state index contributed by atoms with van der Waals surface area (Å²) in [7, 11) is 0. The van der Waals surface area contributed by atoms with Crippen molar-refractivity contribution in [1.29, 1.82) is 0 Å². The average Bonchev–Trinajstić information content (AvgIpc) is 1.91. The van der Waals surface area contributed by atoms with Gasteiger partial charge in [0.1, 0.15) is 5.78 Å². The molecule has 9 heavy (non-hydrogen) atoms. The van der Waals surface area contributed by atoms with E-state index >= 15 is 0 Å². The lowest BCUT2D eigenvalue weighted by atomic mass is 10.2. The first kappa shape index (κ1) is 11.4. The van der Waals surface area contributed by atoms with Gasteiger partial charge in [0.15, 0.2) is 0 Å². The van der Waals surface area contributed by atoms with Crippen LogP contribution in [0.25, 0.3) is 0 Å². The lowest BCUT2D eigenvalue weighted by molar-refractivity contribution is -0.118. The number of hydrogen-bond donors (Lipinski definition) is 2. The molecule has 3 N–H and O–H groups in total. The van der Waals surface area contributed by atoms with Gasteiger partial charge in [-0.05, 0) is 6.92 Å². The van der Waals surface area contributed by atoms with Crippen molar-refractivity contribution in [3.63, 3.8) is 0 Å². The van der Waals surface area contributed by atoms with E-state index in [2.05, 4.69) is 0 Å². The highest BCUT2D eigenvalue weighted by Gasteiger charge is 2.02. The summed E-state index contributed by atoms with van der Waals surface area (Å²) >= 11 is 0. The number of aliphatic hydroxyl groups is 1. The molecule has 0 aliphatic rings. The van der Waals surface area contributed by atoms with E-state index in [1.54, 1.807) is 0 Å². The van der Waals surface area contributed by atoms with Gasteiger partial charge in [-0.1, -0.05) is 13.8 Å². The van der Waals surface area contributed by atoms with Crippen molar-refractivity contribution in [2.45, 2.75) is 26.8 Å². The SMILES string of the molecule is CC.CC(=O)[C@H](N)CO. The van der Waals surface area contributed by atoms with E-state index in [1.807, 2.05) is 13.8 Å². The summed E-state index contributed by atoms with van der Waals surface area (Å²) < 4.78 is 0. The van der Waals surface area contributed by atoms with Crippen LogP contribution in [0, 0.1) is 0 Å². The van der Waals surface area contributed by atoms with E-state index < -0.39 is 6.04 Å². The van der Waals surface area contributed by atoms with E-state index in [-0.39, 0.29) is 12.4 Å². The van der Waals surface area contributed by atoms with Crippen molar-refractivity contribution < 1.29 is 9.90 Å². The van der Waals surface area contributed by atoms with Gasteiger partial charge in [0.2, 0.25) is 0 Å². The second kappa shape index (κ2) is 7.59. The standard InChI is InChI=1S/C4H9NO2.C2H6/c1-3(7)4(5)2-6;1-2/h4,6H,2,5H2,1H3;1-2H3/t4-;/m1./s1. The smallest absolute Gasteiger partial charge is 0.148 e. The molecule has 0 aliphatic heterocycles. The zero-order chi connectivity index (χ0) is 7.86. The van der Waals surface area contributed by atoms with Crippen molar-refractivity contribution in [1.82, 2.24) is 0 Å². The van der Waals surface area contributed by atoms with Crippen LogP contribution in [0.5, 0.6) is 0 Å². The molecule has 56 valence electrons. The van der Waals surface area contributed by atoms with Gasteiger partial charge >= 0.3 is 0 Å². The third-order valence-corrected chi connectivity index (χ3v) is 0.719. The maximum Gasteiger partial charge on any atom is 0.148 e. The zero-order valence-electron chi connectivity index (χ0n) is 6.22. The Labute approximate surface area is 55.9 Å². The molecule has 0 fully saturated rings. The first-order chi connectivity index (χ1) is 4.18. The van der Waals surface area contributed by atoms with Crippen molar-refractivity contribution in [2.24, 2.45) is 5.73 Å². The molecule has 0 heterocycles. The normalized spacial score (nSPS) is 11.2.